The van der Waals surface area contributed by atoms with Crippen molar-refractivity contribution >= 4 is 10.1 Å². The molecule has 0 aliphatic carbocycles. The van der Waals surface area contributed by atoms with Gasteiger partial charge < -0.3 is 9.84 Å². The molecule has 0 radical (unpaired) electrons. The van der Waals surface area contributed by atoms with Gasteiger partial charge in [-0.25, -0.2) is 0 Å². The minimum atomic E-state index is -4.29. The number of benzene rings is 2. The zero-order valence-electron chi connectivity index (χ0n) is 17.4. The van der Waals surface area contributed by atoms with E-state index in [2.05, 4.69) is 6.92 Å². The Labute approximate surface area is 217 Å². The average Bonchev–Trinajstić information content (AvgIpc) is 2.65. The molecule has 0 fully saturated rings. The van der Waals surface area contributed by atoms with Crippen LogP contribution in [0.2, 0.25) is 0 Å². The van der Waals surface area contributed by atoms with E-state index >= 15 is 0 Å². The molecule has 2 aromatic rings. The SMILES string of the molecule is CCCCCCCCCCc1cc([O-])ccc1Oc1cccc(S(=O)(=O)O)c1.[K+]. The zero-order valence-corrected chi connectivity index (χ0v) is 21.3. The smallest absolute Gasteiger partial charge is 0.872 e. The fraction of sp³-hybridized carbons (Fsp3) is 0.455. The van der Waals surface area contributed by atoms with Crippen LogP contribution in [-0.2, 0) is 16.5 Å². The van der Waals surface area contributed by atoms with Crippen molar-refractivity contribution in [2.24, 2.45) is 0 Å². The summed E-state index contributed by atoms with van der Waals surface area (Å²) in [6.07, 6.45) is 10.4. The first-order valence-electron chi connectivity index (χ1n) is 9.95. The second kappa shape index (κ2) is 13.8. The molecule has 0 saturated carbocycles. The van der Waals surface area contributed by atoms with Gasteiger partial charge in [0.15, 0.2) is 0 Å². The van der Waals surface area contributed by atoms with Crippen LogP contribution in [-0.4, -0.2) is 13.0 Å². The van der Waals surface area contributed by atoms with E-state index in [0.29, 0.717) is 11.5 Å². The summed E-state index contributed by atoms with van der Waals surface area (Å²) in [7, 11) is -4.29. The van der Waals surface area contributed by atoms with Gasteiger partial charge in [0.05, 0.1) is 4.90 Å². The van der Waals surface area contributed by atoms with Crippen LogP contribution in [0.1, 0.15) is 63.9 Å². The standard InChI is InChI=1S/C22H30O5S.K/c1-2-3-4-5-6-7-8-9-11-18-16-19(23)14-15-22(18)27-20-12-10-13-21(17-20)28(24,25)26;/h10,12-17,23H,2-9,11H2,1H3,(H,24,25,26);/q;+1/p-1. The van der Waals surface area contributed by atoms with Crippen molar-refractivity contribution in [1.82, 2.24) is 0 Å². The molecule has 0 spiro atoms. The van der Waals surface area contributed by atoms with Gasteiger partial charge in [0.25, 0.3) is 10.1 Å². The van der Waals surface area contributed by atoms with Gasteiger partial charge in [-0.15, -0.1) is 5.75 Å². The van der Waals surface area contributed by atoms with E-state index in [4.69, 9.17) is 4.74 Å². The van der Waals surface area contributed by atoms with Crippen molar-refractivity contribution in [3.8, 4) is 17.2 Å². The van der Waals surface area contributed by atoms with Crippen molar-refractivity contribution in [2.75, 3.05) is 0 Å². The van der Waals surface area contributed by atoms with Crippen molar-refractivity contribution < 1.29 is 74.2 Å². The van der Waals surface area contributed by atoms with Gasteiger partial charge in [0, 0.05) is 6.07 Å². The molecule has 0 saturated heterocycles. The molecule has 2 aromatic carbocycles. The molecular formula is C22H29KO5S. The maximum atomic E-state index is 11.7. The maximum Gasteiger partial charge on any atom is 1.00 e. The second-order valence-corrected chi connectivity index (χ2v) is 8.47. The van der Waals surface area contributed by atoms with Gasteiger partial charge in [-0.2, -0.15) is 8.42 Å². The molecule has 0 unspecified atom stereocenters. The molecule has 0 heterocycles. The topological polar surface area (TPSA) is 86.7 Å². The van der Waals surface area contributed by atoms with Gasteiger partial charge in [-0.3, -0.25) is 4.55 Å². The minimum absolute atomic E-state index is 0. The summed E-state index contributed by atoms with van der Waals surface area (Å²) in [5, 5.41) is 11.7. The summed E-state index contributed by atoms with van der Waals surface area (Å²) in [4.78, 5) is -0.227. The van der Waals surface area contributed by atoms with Crippen molar-refractivity contribution in [1.29, 1.82) is 0 Å². The molecule has 0 atom stereocenters. The molecule has 0 bridgehead atoms. The third kappa shape index (κ3) is 9.96. The zero-order chi connectivity index (χ0) is 20.4. The van der Waals surface area contributed by atoms with Gasteiger partial charge in [-0.05, 0) is 36.6 Å². The minimum Gasteiger partial charge on any atom is -0.872 e. The fourth-order valence-electron chi connectivity index (χ4n) is 3.13. The number of hydrogen-bond acceptors (Lipinski definition) is 4. The Bertz CT molecular complexity index is 852. The maximum absolute atomic E-state index is 11.7. The third-order valence-corrected chi connectivity index (χ3v) is 5.51. The molecule has 2 rings (SSSR count). The Hall–Kier alpha value is -0.414. The Morgan fingerprint density at radius 3 is 2.24 bits per heavy atom. The van der Waals surface area contributed by atoms with Crippen LogP contribution in [0.25, 0.3) is 0 Å². The molecule has 1 N–H and O–H groups in total. The molecule has 7 heteroatoms. The summed E-state index contributed by atoms with van der Waals surface area (Å²) in [5.74, 6) is 0.759. The van der Waals surface area contributed by atoms with E-state index in [-0.39, 0.29) is 62.0 Å². The predicted molar refractivity (Wildman–Crippen MR) is 109 cm³/mol. The van der Waals surface area contributed by atoms with Gasteiger partial charge in [0.2, 0.25) is 0 Å². The number of hydrogen-bond donors (Lipinski definition) is 1. The first kappa shape index (κ1) is 26.6. The summed E-state index contributed by atoms with van der Waals surface area (Å²) < 4.78 is 37.6. The third-order valence-electron chi connectivity index (χ3n) is 4.66. The molecular weight excluding hydrogens is 415 g/mol. The molecule has 29 heavy (non-hydrogen) atoms. The summed E-state index contributed by atoms with van der Waals surface area (Å²) in [6, 6.07) is 10.3. The van der Waals surface area contributed by atoms with E-state index in [1.54, 1.807) is 18.2 Å². The Morgan fingerprint density at radius 2 is 1.59 bits per heavy atom. The van der Waals surface area contributed by atoms with Gasteiger partial charge in [0.1, 0.15) is 11.5 Å². The summed E-state index contributed by atoms with van der Waals surface area (Å²) in [6.45, 7) is 2.21. The monoisotopic (exact) mass is 444 g/mol. The summed E-state index contributed by atoms with van der Waals surface area (Å²) >= 11 is 0. The first-order chi connectivity index (χ1) is 13.4. The molecule has 0 aromatic heterocycles. The predicted octanol–water partition coefficient (Wildman–Crippen LogP) is 2.49. The van der Waals surface area contributed by atoms with Crippen LogP contribution >= 0.6 is 0 Å². The van der Waals surface area contributed by atoms with Crippen LogP contribution in [0, 0.1) is 0 Å². The van der Waals surface area contributed by atoms with E-state index < -0.39 is 10.1 Å². The van der Waals surface area contributed by atoms with Crippen LogP contribution in [0.5, 0.6) is 17.2 Å². The van der Waals surface area contributed by atoms with E-state index in [9.17, 15) is 18.1 Å². The number of aryl methyl sites for hydroxylation is 1. The van der Waals surface area contributed by atoms with Gasteiger partial charge >= 0.3 is 51.4 Å². The van der Waals surface area contributed by atoms with Crippen LogP contribution in [0.3, 0.4) is 0 Å². The normalized spacial score (nSPS) is 11.1. The fourth-order valence-corrected chi connectivity index (χ4v) is 3.64. The Balaban J connectivity index is 0.00000420. The number of unbranched alkanes of at least 4 members (excludes halogenated alkanes) is 7. The van der Waals surface area contributed by atoms with Crippen LogP contribution in [0.15, 0.2) is 47.4 Å². The van der Waals surface area contributed by atoms with E-state index in [0.717, 1.165) is 24.8 Å². The number of ether oxygens (including phenoxy) is 1. The Kier molecular flexibility index (Phi) is 12.7. The molecule has 5 nitrogen and oxygen atoms in total. The second-order valence-electron chi connectivity index (χ2n) is 7.05. The first-order valence-corrected chi connectivity index (χ1v) is 11.4. The Morgan fingerprint density at radius 1 is 0.931 bits per heavy atom. The quantitative estimate of drug-likeness (QED) is 0.309. The van der Waals surface area contributed by atoms with E-state index in [1.807, 2.05) is 0 Å². The van der Waals surface area contributed by atoms with Crippen LogP contribution in [0.4, 0.5) is 0 Å². The van der Waals surface area contributed by atoms with E-state index in [1.165, 1.54) is 62.8 Å². The average molecular weight is 445 g/mol. The van der Waals surface area contributed by atoms with Gasteiger partial charge in [-0.1, -0.05) is 70.1 Å². The van der Waals surface area contributed by atoms with Crippen LogP contribution < -0.4 is 61.2 Å². The summed E-state index contributed by atoms with van der Waals surface area (Å²) in [5.41, 5.74) is 0.816. The molecule has 154 valence electrons. The number of rotatable bonds is 12. The largest absolute Gasteiger partial charge is 1.00 e. The molecule has 0 amide bonds. The molecule has 0 aliphatic heterocycles. The van der Waals surface area contributed by atoms with Crippen molar-refractivity contribution in [2.45, 2.75) is 69.6 Å². The van der Waals surface area contributed by atoms with Crippen molar-refractivity contribution in [3.63, 3.8) is 0 Å². The molecule has 0 aliphatic rings. The van der Waals surface area contributed by atoms with Crippen molar-refractivity contribution in [3.05, 3.63) is 48.0 Å².